The zero-order chi connectivity index (χ0) is 14.3. The molecule has 7 heteroatoms. The van der Waals surface area contributed by atoms with Crippen LogP contribution in [0.25, 0.3) is 0 Å². The van der Waals surface area contributed by atoms with E-state index in [0.29, 0.717) is 19.7 Å². The molecule has 0 aromatic carbocycles. The Kier molecular flexibility index (Phi) is 6.75. The maximum absolute atomic E-state index is 12.0. The maximum Gasteiger partial charge on any atom is 0.303 e. The summed E-state index contributed by atoms with van der Waals surface area (Å²) in [5.41, 5.74) is 5.69. The van der Waals surface area contributed by atoms with E-state index >= 15 is 0 Å². The van der Waals surface area contributed by atoms with Gasteiger partial charge in [-0.1, -0.05) is 0 Å². The normalized spacial score (nSPS) is 18.3. The highest BCUT2D eigenvalue weighted by atomic mass is 16.5. The Morgan fingerprint density at radius 2 is 2.00 bits per heavy atom. The van der Waals surface area contributed by atoms with E-state index in [1.54, 1.807) is 4.90 Å². The van der Waals surface area contributed by atoms with Gasteiger partial charge in [0.2, 0.25) is 5.91 Å². The van der Waals surface area contributed by atoms with E-state index in [9.17, 15) is 9.59 Å². The first-order valence-electron chi connectivity index (χ1n) is 6.53. The van der Waals surface area contributed by atoms with Crippen molar-refractivity contribution < 1.29 is 24.5 Å². The third-order valence-corrected chi connectivity index (χ3v) is 3.18. The van der Waals surface area contributed by atoms with Gasteiger partial charge in [-0.05, 0) is 19.3 Å². The number of carboxylic acids is 1. The molecule has 0 aromatic heterocycles. The van der Waals surface area contributed by atoms with Gasteiger partial charge in [0.1, 0.15) is 0 Å². The molecule has 1 aliphatic rings. The summed E-state index contributed by atoms with van der Waals surface area (Å²) in [6, 6.07) is -0.744. The number of aliphatic carboxylic acids is 1. The number of hydrogen-bond donors (Lipinski definition) is 3. The van der Waals surface area contributed by atoms with E-state index in [4.69, 9.17) is 20.7 Å². The number of nitrogens with zero attached hydrogens (tertiary/aromatic N) is 1. The minimum Gasteiger partial charge on any atom is -0.481 e. The fraction of sp³-hybridized carbons (Fsp3) is 0.833. The number of hydrogen-bond acceptors (Lipinski definition) is 5. The molecule has 1 saturated heterocycles. The Hall–Kier alpha value is -1.18. The van der Waals surface area contributed by atoms with E-state index in [0.717, 1.165) is 12.8 Å². The third-order valence-electron chi connectivity index (χ3n) is 3.18. The predicted molar refractivity (Wildman–Crippen MR) is 67.5 cm³/mol. The van der Waals surface area contributed by atoms with Gasteiger partial charge in [-0.25, -0.2) is 0 Å². The molecule has 0 aromatic rings. The average Bonchev–Trinajstić information content (AvgIpc) is 2.42. The lowest BCUT2D eigenvalue weighted by Gasteiger charge is -2.33. The molecule has 0 bridgehead atoms. The van der Waals surface area contributed by atoms with Gasteiger partial charge in [0.05, 0.1) is 25.4 Å². The minimum atomic E-state index is -0.945. The monoisotopic (exact) mass is 274 g/mol. The average molecular weight is 274 g/mol. The molecule has 1 fully saturated rings. The lowest BCUT2D eigenvalue weighted by atomic mass is 10.1. The van der Waals surface area contributed by atoms with Crippen molar-refractivity contribution in [3.05, 3.63) is 0 Å². The van der Waals surface area contributed by atoms with Crippen molar-refractivity contribution in [2.45, 2.75) is 37.8 Å². The number of nitrogens with two attached hydrogens (primary N) is 1. The summed E-state index contributed by atoms with van der Waals surface area (Å²) < 4.78 is 5.40. The van der Waals surface area contributed by atoms with Gasteiger partial charge in [0.15, 0.2) is 0 Å². The second-order valence-electron chi connectivity index (χ2n) is 4.66. The minimum absolute atomic E-state index is 0.000786. The number of carbonyl (C=O) groups excluding carboxylic acids is 1. The summed E-state index contributed by atoms with van der Waals surface area (Å²) in [6.07, 6.45) is 1.58. The number of ether oxygens (including phenoxy) is 1. The largest absolute Gasteiger partial charge is 0.481 e. The Labute approximate surface area is 112 Å². The molecular weight excluding hydrogens is 252 g/mol. The van der Waals surface area contributed by atoms with Crippen LogP contribution >= 0.6 is 0 Å². The number of piperidine rings is 1. The first-order chi connectivity index (χ1) is 9.04. The van der Waals surface area contributed by atoms with Gasteiger partial charge in [-0.3, -0.25) is 9.59 Å². The number of aliphatic hydroxyl groups excluding tert-OH is 1. The van der Waals surface area contributed by atoms with Gasteiger partial charge >= 0.3 is 5.97 Å². The van der Waals surface area contributed by atoms with Gasteiger partial charge in [-0.2, -0.15) is 0 Å². The lowest BCUT2D eigenvalue weighted by molar-refractivity contribution is -0.138. The summed E-state index contributed by atoms with van der Waals surface area (Å²) in [5, 5.41) is 17.2. The van der Waals surface area contributed by atoms with Crippen molar-refractivity contribution in [2.75, 3.05) is 26.3 Å². The summed E-state index contributed by atoms with van der Waals surface area (Å²) in [6.45, 7) is 1.45. The van der Waals surface area contributed by atoms with Crippen molar-refractivity contribution in [3.63, 3.8) is 0 Å². The highest BCUT2D eigenvalue weighted by Crippen LogP contribution is 2.15. The van der Waals surface area contributed by atoms with E-state index in [-0.39, 0.29) is 31.5 Å². The molecule has 1 unspecified atom stereocenters. The Morgan fingerprint density at radius 3 is 2.53 bits per heavy atom. The van der Waals surface area contributed by atoms with Crippen LogP contribution in [0.5, 0.6) is 0 Å². The Morgan fingerprint density at radius 1 is 1.37 bits per heavy atom. The first kappa shape index (κ1) is 15.9. The van der Waals surface area contributed by atoms with Crippen LogP contribution in [-0.4, -0.2) is 65.4 Å². The van der Waals surface area contributed by atoms with Crippen molar-refractivity contribution in [2.24, 2.45) is 5.73 Å². The van der Waals surface area contributed by atoms with E-state index in [2.05, 4.69) is 0 Å². The standard InChI is InChI=1S/C12H22N2O5/c13-10(1-2-11(16)17)12(18)14-5-3-9(4-6-14)19-8-7-15/h9-10,15H,1-8,13H2,(H,16,17). The second-order valence-corrected chi connectivity index (χ2v) is 4.66. The van der Waals surface area contributed by atoms with E-state index < -0.39 is 12.0 Å². The number of carboxylic acid groups (broad SMARTS) is 1. The van der Waals surface area contributed by atoms with Crippen LogP contribution in [0.1, 0.15) is 25.7 Å². The maximum atomic E-state index is 12.0. The molecule has 0 radical (unpaired) electrons. The SMILES string of the molecule is NC(CCC(=O)O)C(=O)N1CCC(OCCO)CC1. The summed E-state index contributed by atoms with van der Waals surface area (Å²) >= 11 is 0. The Bertz CT molecular complexity index is 302. The predicted octanol–water partition coefficient (Wildman–Crippen LogP) is -0.822. The first-order valence-corrected chi connectivity index (χ1v) is 6.53. The molecule has 1 aliphatic heterocycles. The van der Waals surface area contributed by atoms with Gasteiger partial charge < -0.3 is 25.6 Å². The zero-order valence-corrected chi connectivity index (χ0v) is 11.0. The molecule has 1 heterocycles. The second kappa shape index (κ2) is 8.08. The van der Waals surface area contributed by atoms with Gasteiger partial charge in [0.25, 0.3) is 0 Å². The molecule has 1 amide bonds. The quantitative estimate of drug-likeness (QED) is 0.559. The van der Waals surface area contributed by atoms with Crippen molar-refractivity contribution >= 4 is 11.9 Å². The number of aliphatic hydroxyl groups is 1. The van der Waals surface area contributed by atoms with E-state index in [1.165, 1.54) is 0 Å². The molecule has 19 heavy (non-hydrogen) atoms. The summed E-state index contributed by atoms with van der Waals surface area (Å²) in [5.74, 6) is -1.14. The van der Waals surface area contributed by atoms with Crippen LogP contribution in [0.15, 0.2) is 0 Å². The summed E-state index contributed by atoms with van der Waals surface area (Å²) in [7, 11) is 0. The molecule has 0 aliphatic carbocycles. The highest BCUT2D eigenvalue weighted by Gasteiger charge is 2.26. The number of carbonyl (C=O) groups is 2. The van der Waals surface area contributed by atoms with Gasteiger partial charge in [0, 0.05) is 19.5 Å². The fourth-order valence-corrected chi connectivity index (χ4v) is 2.10. The van der Waals surface area contributed by atoms with Crippen LogP contribution in [0.4, 0.5) is 0 Å². The van der Waals surface area contributed by atoms with Crippen LogP contribution < -0.4 is 5.73 Å². The molecule has 0 spiro atoms. The Balaban J connectivity index is 2.29. The third kappa shape index (κ3) is 5.54. The number of rotatable bonds is 7. The summed E-state index contributed by atoms with van der Waals surface area (Å²) in [4.78, 5) is 24.0. The topological polar surface area (TPSA) is 113 Å². The van der Waals surface area contributed by atoms with Crippen molar-refractivity contribution in [1.82, 2.24) is 4.90 Å². The van der Waals surface area contributed by atoms with Crippen LogP contribution in [-0.2, 0) is 14.3 Å². The fourth-order valence-electron chi connectivity index (χ4n) is 2.10. The van der Waals surface area contributed by atoms with E-state index in [1.807, 2.05) is 0 Å². The molecule has 1 atom stereocenters. The van der Waals surface area contributed by atoms with Crippen LogP contribution in [0, 0.1) is 0 Å². The molecule has 0 saturated carbocycles. The number of amides is 1. The van der Waals surface area contributed by atoms with Crippen LogP contribution in [0.2, 0.25) is 0 Å². The molecule has 4 N–H and O–H groups in total. The van der Waals surface area contributed by atoms with Crippen molar-refractivity contribution in [1.29, 1.82) is 0 Å². The van der Waals surface area contributed by atoms with Crippen LogP contribution in [0.3, 0.4) is 0 Å². The molecule has 1 rings (SSSR count). The molecular formula is C12H22N2O5. The number of likely N-dealkylation sites (tertiary alicyclic amines) is 1. The molecule has 110 valence electrons. The van der Waals surface area contributed by atoms with Gasteiger partial charge in [-0.15, -0.1) is 0 Å². The highest BCUT2D eigenvalue weighted by molar-refractivity contribution is 5.82. The molecule has 7 nitrogen and oxygen atoms in total. The smallest absolute Gasteiger partial charge is 0.303 e. The lowest BCUT2D eigenvalue weighted by Crippen LogP contribution is -2.48. The zero-order valence-electron chi connectivity index (χ0n) is 11.0. The van der Waals surface area contributed by atoms with Crippen molar-refractivity contribution in [3.8, 4) is 0 Å².